The molecule has 0 spiro atoms. The number of hydrazone groups is 1. The molecule has 6 heteroatoms. The molecular weight excluding hydrogens is 299 g/mol. The van der Waals surface area contributed by atoms with E-state index in [1.165, 1.54) is 12.1 Å². The predicted molar refractivity (Wildman–Crippen MR) is 92.2 cm³/mol. The first-order valence-corrected chi connectivity index (χ1v) is 7.45. The maximum atomic E-state index is 13.1. The van der Waals surface area contributed by atoms with Crippen LogP contribution in [0.3, 0.4) is 0 Å². The summed E-state index contributed by atoms with van der Waals surface area (Å²) in [6.45, 7) is 6.72. The maximum Gasteiger partial charge on any atom is 0.186 e. The fourth-order valence-electron chi connectivity index (χ4n) is 2.27. The van der Waals surface area contributed by atoms with Crippen molar-refractivity contribution in [1.82, 2.24) is 15.3 Å². The van der Waals surface area contributed by atoms with Gasteiger partial charge in [-0.2, -0.15) is 5.10 Å². The third-order valence-corrected chi connectivity index (χ3v) is 3.50. The second-order valence-corrected chi connectivity index (χ2v) is 5.28. The molecule has 1 heterocycles. The third kappa shape index (κ3) is 3.71. The average molecular weight is 318 g/mol. The summed E-state index contributed by atoms with van der Waals surface area (Å²) in [6.07, 6.45) is 1.73. The fraction of sp³-hybridized carbons (Fsp3) is 0.250. The van der Waals surface area contributed by atoms with E-state index < -0.39 is 0 Å². The molecule has 2 N–H and O–H groups in total. The smallest absolute Gasteiger partial charge is 0.186 e. The van der Waals surface area contributed by atoms with Gasteiger partial charge in [-0.25, -0.2) is 4.39 Å². The summed E-state index contributed by atoms with van der Waals surface area (Å²) >= 11 is 5.04. The van der Waals surface area contributed by atoms with Crippen molar-refractivity contribution in [3.8, 4) is 5.69 Å². The Labute approximate surface area is 135 Å². The summed E-state index contributed by atoms with van der Waals surface area (Å²) in [6, 6.07) is 8.46. The first-order chi connectivity index (χ1) is 10.5. The van der Waals surface area contributed by atoms with Gasteiger partial charge in [0.2, 0.25) is 0 Å². The summed E-state index contributed by atoms with van der Waals surface area (Å²) in [5, 5.41) is 7.58. The van der Waals surface area contributed by atoms with E-state index in [1.807, 2.05) is 26.8 Å². The molecule has 0 unspecified atom stereocenters. The van der Waals surface area contributed by atoms with Crippen LogP contribution in [0.5, 0.6) is 0 Å². The van der Waals surface area contributed by atoms with E-state index >= 15 is 0 Å². The molecule has 0 aliphatic heterocycles. The molecule has 2 rings (SSSR count). The van der Waals surface area contributed by atoms with Crippen molar-refractivity contribution in [2.75, 3.05) is 6.54 Å². The Hall–Kier alpha value is -2.21. The van der Waals surface area contributed by atoms with Gasteiger partial charge in [0.15, 0.2) is 5.11 Å². The highest BCUT2D eigenvalue weighted by atomic mass is 32.1. The Kier molecular flexibility index (Phi) is 5.27. The van der Waals surface area contributed by atoms with Gasteiger partial charge in [-0.3, -0.25) is 5.43 Å². The van der Waals surface area contributed by atoms with Crippen molar-refractivity contribution in [3.05, 3.63) is 53.1 Å². The van der Waals surface area contributed by atoms with E-state index in [1.54, 1.807) is 18.3 Å². The molecule has 0 amide bonds. The second-order valence-electron chi connectivity index (χ2n) is 4.87. The van der Waals surface area contributed by atoms with Crippen LogP contribution in [-0.4, -0.2) is 22.4 Å². The van der Waals surface area contributed by atoms with E-state index in [0.717, 1.165) is 29.2 Å². The lowest BCUT2D eigenvalue weighted by atomic mass is 10.2. The van der Waals surface area contributed by atoms with Crippen LogP contribution < -0.4 is 10.7 Å². The van der Waals surface area contributed by atoms with Gasteiger partial charge in [-0.15, -0.1) is 0 Å². The standard InChI is InChI=1S/C16H19FN4S/c1-4-18-16(22)20-19-10-13-9-11(2)21(12(13)3)15-7-5-14(17)6-8-15/h5-10H,4H2,1-3H3,(H2,18,20,22). The molecule has 0 saturated carbocycles. The average Bonchev–Trinajstić information content (AvgIpc) is 2.75. The van der Waals surface area contributed by atoms with Crippen molar-refractivity contribution < 1.29 is 4.39 Å². The Morgan fingerprint density at radius 3 is 2.64 bits per heavy atom. The van der Waals surface area contributed by atoms with Crippen molar-refractivity contribution in [3.63, 3.8) is 0 Å². The Balaban J connectivity index is 2.22. The highest BCUT2D eigenvalue weighted by molar-refractivity contribution is 7.80. The molecule has 1 aromatic heterocycles. The van der Waals surface area contributed by atoms with Crippen LogP contribution in [0.25, 0.3) is 5.69 Å². The largest absolute Gasteiger partial charge is 0.362 e. The van der Waals surface area contributed by atoms with Gasteiger partial charge in [0.1, 0.15) is 5.82 Å². The van der Waals surface area contributed by atoms with Crippen LogP contribution in [0, 0.1) is 19.7 Å². The number of rotatable bonds is 4. The highest BCUT2D eigenvalue weighted by Gasteiger charge is 2.09. The number of nitrogens with one attached hydrogen (secondary N) is 2. The molecule has 2 aromatic rings. The molecule has 0 bridgehead atoms. The zero-order valence-corrected chi connectivity index (χ0v) is 13.7. The maximum absolute atomic E-state index is 13.1. The fourth-order valence-corrected chi connectivity index (χ4v) is 2.46. The Morgan fingerprint density at radius 2 is 2.00 bits per heavy atom. The Morgan fingerprint density at radius 1 is 1.32 bits per heavy atom. The zero-order valence-electron chi connectivity index (χ0n) is 12.9. The number of nitrogens with zero attached hydrogens (tertiary/aromatic N) is 2. The van der Waals surface area contributed by atoms with E-state index in [9.17, 15) is 4.39 Å². The van der Waals surface area contributed by atoms with Crippen LogP contribution in [0.15, 0.2) is 35.4 Å². The molecular formula is C16H19FN4S. The highest BCUT2D eigenvalue weighted by Crippen LogP contribution is 2.19. The van der Waals surface area contributed by atoms with E-state index in [2.05, 4.69) is 20.4 Å². The van der Waals surface area contributed by atoms with Gasteiger partial charge >= 0.3 is 0 Å². The van der Waals surface area contributed by atoms with Crippen molar-refractivity contribution in [2.45, 2.75) is 20.8 Å². The first-order valence-electron chi connectivity index (χ1n) is 7.04. The molecule has 0 aliphatic carbocycles. The summed E-state index contributed by atoms with van der Waals surface area (Å²) < 4.78 is 15.1. The van der Waals surface area contributed by atoms with Gasteiger partial charge in [0, 0.05) is 29.2 Å². The lowest BCUT2D eigenvalue weighted by Gasteiger charge is -2.09. The SMILES string of the molecule is CCNC(=S)NN=Cc1cc(C)n(-c2ccc(F)cc2)c1C. The number of thiocarbonyl (C=S) groups is 1. The number of halogens is 1. The minimum atomic E-state index is -0.242. The monoisotopic (exact) mass is 318 g/mol. The van der Waals surface area contributed by atoms with Crippen LogP contribution in [0.1, 0.15) is 23.9 Å². The molecule has 4 nitrogen and oxygen atoms in total. The van der Waals surface area contributed by atoms with Gasteiger partial charge in [-0.05, 0) is 63.3 Å². The van der Waals surface area contributed by atoms with Crippen LogP contribution in [0.2, 0.25) is 0 Å². The van der Waals surface area contributed by atoms with Gasteiger partial charge < -0.3 is 9.88 Å². The summed E-state index contributed by atoms with van der Waals surface area (Å²) in [5.41, 5.74) is 6.76. The van der Waals surface area contributed by atoms with Crippen LogP contribution >= 0.6 is 12.2 Å². The van der Waals surface area contributed by atoms with Crippen molar-refractivity contribution in [1.29, 1.82) is 0 Å². The molecule has 0 saturated heterocycles. The molecule has 22 heavy (non-hydrogen) atoms. The number of hydrogen-bond donors (Lipinski definition) is 2. The first kappa shape index (κ1) is 16.2. The number of aryl methyl sites for hydroxylation is 1. The topological polar surface area (TPSA) is 41.4 Å². The number of aromatic nitrogens is 1. The quantitative estimate of drug-likeness (QED) is 0.517. The summed E-state index contributed by atoms with van der Waals surface area (Å²) in [7, 11) is 0. The zero-order chi connectivity index (χ0) is 16.1. The normalized spacial score (nSPS) is 10.9. The van der Waals surface area contributed by atoms with Crippen molar-refractivity contribution >= 4 is 23.5 Å². The molecule has 0 atom stereocenters. The lowest BCUT2D eigenvalue weighted by Crippen LogP contribution is -2.31. The minimum absolute atomic E-state index is 0.242. The molecule has 0 aliphatic rings. The third-order valence-electron chi connectivity index (χ3n) is 3.26. The van der Waals surface area contributed by atoms with Gasteiger partial charge in [0.25, 0.3) is 0 Å². The molecule has 0 radical (unpaired) electrons. The number of hydrogen-bond acceptors (Lipinski definition) is 2. The van der Waals surface area contributed by atoms with Gasteiger partial charge in [0.05, 0.1) is 6.21 Å². The Bertz CT molecular complexity index is 689. The van der Waals surface area contributed by atoms with E-state index in [4.69, 9.17) is 12.2 Å². The van der Waals surface area contributed by atoms with E-state index in [-0.39, 0.29) is 5.82 Å². The van der Waals surface area contributed by atoms with E-state index in [0.29, 0.717) is 5.11 Å². The summed E-state index contributed by atoms with van der Waals surface area (Å²) in [5.74, 6) is -0.242. The van der Waals surface area contributed by atoms with Crippen LogP contribution in [0.4, 0.5) is 4.39 Å². The number of benzene rings is 1. The predicted octanol–water partition coefficient (Wildman–Crippen LogP) is 3.05. The van der Waals surface area contributed by atoms with Crippen molar-refractivity contribution in [2.24, 2.45) is 5.10 Å². The minimum Gasteiger partial charge on any atom is -0.362 e. The second kappa shape index (κ2) is 7.17. The van der Waals surface area contributed by atoms with Gasteiger partial charge in [-0.1, -0.05) is 0 Å². The molecule has 0 fully saturated rings. The summed E-state index contributed by atoms with van der Waals surface area (Å²) in [4.78, 5) is 0. The molecule has 116 valence electrons. The molecule has 1 aromatic carbocycles. The van der Waals surface area contributed by atoms with Crippen LogP contribution in [-0.2, 0) is 0 Å². The lowest BCUT2D eigenvalue weighted by molar-refractivity contribution is 0.627.